The molecule has 1 saturated heterocycles. The first-order chi connectivity index (χ1) is 13.0. The molecule has 0 spiro atoms. The topological polar surface area (TPSA) is 46.6 Å². The van der Waals surface area contributed by atoms with Gasteiger partial charge in [0.25, 0.3) is 5.91 Å². The van der Waals surface area contributed by atoms with E-state index < -0.39 is 5.97 Å². The van der Waals surface area contributed by atoms with Crippen LogP contribution in [0.1, 0.15) is 33.1 Å². The number of hydrogen-bond acceptors (Lipinski definition) is 4. The predicted molar refractivity (Wildman–Crippen MR) is 110 cm³/mol. The van der Waals surface area contributed by atoms with Crippen LogP contribution >= 0.6 is 23.4 Å². The Hall–Kier alpha value is -1.72. The number of halogens is 1. The Morgan fingerprint density at radius 1 is 1.15 bits per heavy atom. The second-order valence-corrected chi connectivity index (χ2v) is 8.40. The van der Waals surface area contributed by atoms with E-state index >= 15 is 0 Å². The average Bonchev–Trinajstić information content (AvgIpc) is 2.64. The Kier molecular flexibility index (Phi) is 6.66. The van der Waals surface area contributed by atoms with Crippen LogP contribution in [0.15, 0.2) is 41.3 Å². The Balaban J connectivity index is 1.55. The lowest BCUT2D eigenvalue weighted by atomic mass is 9.97. The molecule has 0 saturated carbocycles. The van der Waals surface area contributed by atoms with Crippen molar-refractivity contribution in [2.45, 2.75) is 50.1 Å². The second kappa shape index (κ2) is 8.98. The second-order valence-electron chi connectivity index (χ2n) is 6.97. The third kappa shape index (κ3) is 4.77. The highest BCUT2D eigenvalue weighted by atomic mass is 35.5. The quantitative estimate of drug-likeness (QED) is 0.523. The molecule has 3 rings (SSSR count). The van der Waals surface area contributed by atoms with E-state index in [2.05, 4.69) is 13.8 Å². The molecule has 0 radical (unpaired) electrons. The lowest BCUT2D eigenvalue weighted by Gasteiger charge is -2.38. The molecule has 1 fully saturated rings. The molecule has 2 atom stereocenters. The molecule has 1 aliphatic heterocycles. The maximum absolute atomic E-state index is 12.4. The van der Waals surface area contributed by atoms with Gasteiger partial charge in [-0.1, -0.05) is 35.9 Å². The maximum Gasteiger partial charge on any atom is 0.316 e. The average molecular weight is 406 g/mol. The fraction of sp³-hybridized carbons (Fsp3) is 0.429. The molecule has 1 amide bonds. The molecule has 27 heavy (non-hydrogen) atoms. The van der Waals surface area contributed by atoms with Crippen LogP contribution in [-0.2, 0) is 14.3 Å². The van der Waals surface area contributed by atoms with Gasteiger partial charge in [-0.2, -0.15) is 0 Å². The van der Waals surface area contributed by atoms with Crippen molar-refractivity contribution < 1.29 is 14.3 Å². The number of fused-ring (bicyclic) bond motifs is 1. The summed E-state index contributed by atoms with van der Waals surface area (Å²) in [6.45, 7) is 3.91. The fourth-order valence-electron chi connectivity index (χ4n) is 3.69. The third-order valence-electron chi connectivity index (χ3n) is 5.00. The summed E-state index contributed by atoms with van der Waals surface area (Å²) in [6.07, 6.45) is 3.14. The van der Waals surface area contributed by atoms with Crippen LogP contribution in [0, 0.1) is 0 Å². The summed E-state index contributed by atoms with van der Waals surface area (Å²) in [4.78, 5) is 27.4. The van der Waals surface area contributed by atoms with E-state index in [1.54, 1.807) is 0 Å². The molecule has 1 heterocycles. The van der Waals surface area contributed by atoms with Crippen molar-refractivity contribution in [3.8, 4) is 0 Å². The lowest BCUT2D eigenvalue weighted by molar-refractivity contribution is -0.153. The van der Waals surface area contributed by atoms with Gasteiger partial charge in [0.15, 0.2) is 6.61 Å². The van der Waals surface area contributed by atoms with Crippen LogP contribution in [0.3, 0.4) is 0 Å². The largest absolute Gasteiger partial charge is 0.455 e. The zero-order valence-corrected chi connectivity index (χ0v) is 17.2. The Bertz CT molecular complexity index is 826. The smallest absolute Gasteiger partial charge is 0.316 e. The van der Waals surface area contributed by atoms with E-state index in [0.29, 0.717) is 5.02 Å². The number of rotatable bonds is 5. The highest BCUT2D eigenvalue weighted by molar-refractivity contribution is 8.00. The summed E-state index contributed by atoms with van der Waals surface area (Å²) >= 11 is 7.69. The third-order valence-corrected chi connectivity index (χ3v) is 6.35. The number of amides is 1. The van der Waals surface area contributed by atoms with Crippen molar-refractivity contribution in [3.63, 3.8) is 0 Å². The zero-order valence-electron chi connectivity index (χ0n) is 15.6. The van der Waals surface area contributed by atoms with Crippen LogP contribution in [0.5, 0.6) is 0 Å². The number of carbonyl (C=O) groups is 2. The summed E-state index contributed by atoms with van der Waals surface area (Å²) in [5.41, 5.74) is 0. The number of likely N-dealkylation sites (tertiary alicyclic amines) is 1. The van der Waals surface area contributed by atoms with Gasteiger partial charge < -0.3 is 9.64 Å². The van der Waals surface area contributed by atoms with Gasteiger partial charge in [0.2, 0.25) is 0 Å². The number of hydrogen-bond donors (Lipinski definition) is 0. The Morgan fingerprint density at radius 3 is 2.52 bits per heavy atom. The number of ether oxygens (including phenoxy) is 1. The van der Waals surface area contributed by atoms with Gasteiger partial charge in [-0.05, 0) is 50.6 Å². The molecule has 0 aliphatic carbocycles. The first-order valence-corrected chi connectivity index (χ1v) is 10.6. The molecular weight excluding hydrogens is 382 g/mol. The number of benzene rings is 2. The maximum atomic E-state index is 12.4. The minimum atomic E-state index is -0.394. The van der Waals surface area contributed by atoms with Gasteiger partial charge in [-0.15, -0.1) is 11.8 Å². The molecule has 0 aromatic heterocycles. The predicted octanol–water partition coefficient (Wildman–Crippen LogP) is 4.92. The minimum absolute atomic E-state index is 0.110. The van der Waals surface area contributed by atoms with Crippen molar-refractivity contribution in [2.24, 2.45) is 0 Å². The first-order valence-electron chi connectivity index (χ1n) is 9.24. The van der Waals surface area contributed by atoms with Crippen molar-refractivity contribution >= 4 is 46.0 Å². The van der Waals surface area contributed by atoms with Gasteiger partial charge in [-0.3, -0.25) is 9.59 Å². The van der Waals surface area contributed by atoms with Gasteiger partial charge in [-0.25, -0.2) is 0 Å². The van der Waals surface area contributed by atoms with Crippen LogP contribution in [0.25, 0.3) is 10.8 Å². The van der Waals surface area contributed by atoms with Gasteiger partial charge >= 0.3 is 5.97 Å². The summed E-state index contributed by atoms with van der Waals surface area (Å²) < 4.78 is 5.23. The molecule has 6 heteroatoms. The monoisotopic (exact) mass is 405 g/mol. The van der Waals surface area contributed by atoms with Crippen LogP contribution < -0.4 is 0 Å². The van der Waals surface area contributed by atoms with Crippen LogP contribution in [0.2, 0.25) is 5.02 Å². The summed E-state index contributed by atoms with van der Waals surface area (Å²) in [6, 6.07) is 12.0. The number of piperidine rings is 1. The van der Waals surface area contributed by atoms with E-state index in [9.17, 15) is 9.59 Å². The molecule has 2 aromatic rings. The van der Waals surface area contributed by atoms with Crippen molar-refractivity contribution in [2.75, 3.05) is 12.4 Å². The van der Waals surface area contributed by atoms with Crippen molar-refractivity contribution in [1.82, 2.24) is 4.90 Å². The van der Waals surface area contributed by atoms with Crippen LogP contribution in [-0.4, -0.2) is 41.2 Å². The number of carbonyl (C=O) groups excluding carboxylic acids is 2. The summed E-state index contributed by atoms with van der Waals surface area (Å²) in [7, 11) is 0. The number of nitrogens with zero attached hydrogens (tertiary/aromatic N) is 1. The summed E-state index contributed by atoms with van der Waals surface area (Å²) in [5, 5.41) is 2.63. The highest BCUT2D eigenvalue weighted by Gasteiger charge is 2.29. The molecule has 2 aromatic carbocycles. The van der Waals surface area contributed by atoms with Gasteiger partial charge in [0, 0.05) is 27.4 Å². The minimum Gasteiger partial charge on any atom is -0.455 e. The molecule has 4 nitrogen and oxygen atoms in total. The first kappa shape index (κ1) is 20.0. The molecule has 1 aliphatic rings. The van der Waals surface area contributed by atoms with Crippen molar-refractivity contribution in [1.29, 1.82) is 0 Å². The van der Waals surface area contributed by atoms with Crippen LogP contribution in [0.4, 0.5) is 0 Å². The highest BCUT2D eigenvalue weighted by Crippen LogP contribution is 2.33. The van der Waals surface area contributed by atoms with E-state index in [4.69, 9.17) is 16.3 Å². The van der Waals surface area contributed by atoms with Crippen molar-refractivity contribution in [3.05, 3.63) is 41.4 Å². The Labute approximate surface area is 169 Å². The van der Waals surface area contributed by atoms with Gasteiger partial charge in [0.05, 0.1) is 5.75 Å². The zero-order chi connectivity index (χ0) is 19.4. The lowest BCUT2D eigenvalue weighted by Crippen LogP contribution is -2.49. The van der Waals surface area contributed by atoms with Gasteiger partial charge in [0.1, 0.15) is 0 Å². The Morgan fingerprint density at radius 2 is 1.81 bits per heavy atom. The number of thioether (sulfide) groups is 1. The molecular formula is C21H24ClNO3S. The fourth-order valence-corrected chi connectivity index (χ4v) is 4.93. The normalized spacial score (nSPS) is 19.9. The SMILES string of the molecule is C[C@@H]1CCC[C@@H](C)N1C(=O)COC(=O)CSc1cccc2cccc(Cl)c12. The molecule has 0 bridgehead atoms. The molecule has 0 unspecified atom stereocenters. The van der Waals surface area contributed by atoms with E-state index in [1.807, 2.05) is 41.3 Å². The standard InChI is InChI=1S/C21H24ClNO3S/c1-14-6-3-7-15(2)23(14)19(24)12-26-20(25)13-27-18-11-5-9-16-8-4-10-17(22)21(16)18/h4-5,8-11,14-15H,3,6-7,12-13H2,1-2H3/t14-,15-/m1/s1. The van der Waals surface area contributed by atoms with E-state index in [-0.39, 0.29) is 30.4 Å². The molecule has 144 valence electrons. The molecule has 0 N–H and O–H groups in total. The van der Waals surface area contributed by atoms with E-state index in [0.717, 1.165) is 34.9 Å². The van der Waals surface area contributed by atoms with E-state index in [1.165, 1.54) is 11.8 Å². The number of esters is 1. The summed E-state index contributed by atoms with van der Waals surface area (Å²) in [5.74, 6) is -0.362.